The highest BCUT2D eigenvalue weighted by atomic mass is 16.3. The zero-order valence-corrected chi connectivity index (χ0v) is 12.2. The molecule has 1 aromatic rings. The lowest BCUT2D eigenvalue weighted by Crippen LogP contribution is -2.51. The summed E-state index contributed by atoms with van der Waals surface area (Å²) < 4.78 is 0. The summed E-state index contributed by atoms with van der Waals surface area (Å²) in [5.74, 6) is 0.281. The largest absolute Gasteiger partial charge is 0.395 e. The van der Waals surface area contributed by atoms with Crippen molar-refractivity contribution in [3.05, 3.63) is 35.9 Å². The van der Waals surface area contributed by atoms with E-state index >= 15 is 0 Å². The summed E-state index contributed by atoms with van der Waals surface area (Å²) in [6.07, 6.45) is 0.699. The first kappa shape index (κ1) is 15.4. The Labute approximate surface area is 121 Å². The van der Waals surface area contributed by atoms with E-state index in [2.05, 4.69) is 34.5 Å². The number of likely N-dealkylation sites (tertiary alicyclic amines) is 1. The summed E-state index contributed by atoms with van der Waals surface area (Å²) in [4.78, 5) is 2.24. The van der Waals surface area contributed by atoms with E-state index in [9.17, 15) is 5.11 Å². The van der Waals surface area contributed by atoms with Crippen LogP contribution in [0.3, 0.4) is 0 Å². The zero-order valence-electron chi connectivity index (χ0n) is 12.2. The van der Waals surface area contributed by atoms with Gasteiger partial charge in [-0.2, -0.15) is 0 Å². The summed E-state index contributed by atoms with van der Waals surface area (Å²) >= 11 is 0. The van der Waals surface area contributed by atoms with Gasteiger partial charge in [0.1, 0.15) is 0 Å². The van der Waals surface area contributed by atoms with E-state index in [0.717, 1.165) is 26.1 Å². The van der Waals surface area contributed by atoms with Crippen molar-refractivity contribution in [1.29, 1.82) is 0 Å². The highest BCUT2D eigenvalue weighted by Gasteiger charge is 2.29. The Morgan fingerprint density at radius 1 is 1.30 bits per heavy atom. The minimum atomic E-state index is -0.294. The maximum Gasteiger partial charge on any atom is 0.0558 e. The fourth-order valence-electron chi connectivity index (χ4n) is 2.91. The van der Waals surface area contributed by atoms with E-state index in [1.807, 2.05) is 13.0 Å². The van der Waals surface area contributed by atoms with Crippen molar-refractivity contribution in [2.24, 2.45) is 5.92 Å². The Hall–Kier alpha value is -0.940. The Kier molecular flexibility index (Phi) is 5.98. The third-order valence-corrected chi connectivity index (χ3v) is 4.09. The van der Waals surface area contributed by atoms with Gasteiger partial charge < -0.3 is 15.5 Å². The van der Waals surface area contributed by atoms with Crippen LogP contribution in [0.15, 0.2) is 30.3 Å². The molecule has 1 aliphatic heterocycles. The van der Waals surface area contributed by atoms with Crippen LogP contribution in [0.25, 0.3) is 0 Å². The second kappa shape index (κ2) is 7.74. The lowest BCUT2D eigenvalue weighted by Gasteiger charge is -2.39. The maximum atomic E-state index is 9.85. The molecule has 0 bridgehead atoms. The minimum absolute atomic E-state index is 0.179. The number of aliphatic hydroxyl groups is 2. The predicted molar refractivity (Wildman–Crippen MR) is 80.4 cm³/mol. The van der Waals surface area contributed by atoms with Crippen LogP contribution in [0.4, 0.5) is 0 Å². The number of nitrogens with zero attached hydrogens (tertiary/aromatic N) is 1. The molecule has 3 N–H and O–H groups in total. The zero-order chi connectivity index (χ0) is 14.4. The Morgan fingerprint density at radius 2 is 2.05 bits per heavy atom. The summed E-state index contributed by atoms with van der Waals surface area (Å²) in [5, 5.41) is 22.5. The SMILES string of the molecule is CC(O)C1CC(NCc2ccccc2)CN(CCO)C1. The maximum absolute atomic E-state index is 9.85. The molecule has 112 valence electrons. The molecule has 0 aromatic heterocycles. The Balaban J connectivity index is 1.88. The van der Waals surface area contributed by atoms with Crippen molar-refractivity contribution < 1.29 is 10.2 Å². The minimum Gasteiger partial charge on any atom is -0.395 e. The summed E-state index contributed by atoms with van der Waals surface area (Å²) in [5.41, 5.74) is 1.28. The van der Waals surface area contributed by atoms with Crippen LogP contribution in [-0.4, -0.2) is 53.5 Å². The first-order valence-corrected chi connectivity index (χ1v) is 7.47. The van der Waals surface area contributed by atoms with Gasteiger partial charge in [-0.3, -0.25) is 4.90 Å². The third kappa shape index (κ3) is 4.56. The second-order valence-corrected chi connectivity index (χ2v) is 5.78. The molecule has 1 saturated heterocycles. The molecular weight excluding hydrogens is 252 g/mol. The van der Waals surface area contributed by atoms with Crippen LogP contribution in [-0.2, 0) is 6.54 Å². The van der Waals surface area contributed by atoms with Gasteiger partial charge in [0, 0.05) is 32.2 Å². The van der Waals surface area contributed by atoms with Gasteiger partial charge in [0.25, 0.3) is 0 Å². The highest BCUT2D eigenvalue weighted by Crippen LogP contribution is 2.20. The fraction of sp³-hybridized carbons (Fsp3) is 0.625. The molecular formula is C16H26N2O2. The molecule has 1 aromatic carbocycles. The van der Waals surface area contributed by atoms with Gasteiger partial charge in [0.2, 0.25) is 0 Å². The third-order valence-electron chi connectivity index (χ3n) is 4.09. The molecule has 1 fully saturated rings. The van der Waals surface area contributed by atoms with E-state index in [1.54, 1.807) is 0 Å². The topological polar surface area (TPSA) is 55.7 Å². The van der Waals surface area contributed by atoms with Gasteiger partial charge in [-0.25, -0.2) is 0 Å². The van der Waals surface area contributed by atoms with Gasteiger partial charge in [-0.05, 0) is 24.8 Å². The average Bonchev–Trinajstić information content (AvgIpc) is 2.46. The van der Waals surface area contributed by atoms with Crippen LogP contribution < -0.4 is 5.32 Å². The molecule has 0 radical (unpaired) electrons. The van der Waals surface area contributed by atoms with E-state index in [-0.39, 0.29) is 18.6 Å². The van der Waals surface area contributed by atoms with Crippen LogP contribution in [0.5, 0.6) is 0 Å². The van der Waals surface area contributed by atoms with E-state index in [1.165, 1.54) is 5.56 Å². The molecule has 4 heteroatoms. The van der Waals surface area contributed by atoms with Crippen LogP contribution >= 0.6 is 0 Å². The number of rotatable bonds is 6. The van der Waals surface area contributed by atoms with Crippen molar-refractivity contribution >= 4 is 0 Å². The number of hydrogen-bond acceptors (Lipinski definition) is 4. The van der Waals surface area contributed by atoms with Gasteiger partial charge in [0.05, 0.1) is 12.7 Å². The monoisotopic (exact) mass is 278 g/mol. The summed E-state index contributed by atoms with van der Waals surface area (Å²) in [7, 11) is 0. The highest BCUT2D eigenvalue weighted by molar-refractivity contribution is 5.14. The van der Waals surface area contributed by atoms with E-state index in [4.69, 9.17) is 5.11 Å². The van der Waals surface area contributed by atoms with E-state index in [0.29, 0.717) is 12.6 Å². The molecule has 3 atom stereocenters. The molecule has 4 nitrogen and oxygen atoms in total. The molecule has 1 heterocycles. The molecule has 0 spiro atoms. The van der Waals surface area contributed by atoms with Gasteiger partial charge in [0.15, 0.2) is 0 Å². The first-order valence-electron chi connectivity index (χ1n) is 7.47. The number of benzene rings is 1. The Morgan fingerprint density at radius 3 is 2.70 bits per heavy atom. The normalized spacial score (nSPS) is 25.6. The number of piperidine rings is 1. The second-order valence-electron chi connectivity index (χ2n) is 5.78. The van der Waals surface area contributed by atoms with Crippen LogP contribution in [0.1, 0.15) is 18.9 Å². The molecule has 0 amide bonds. The summed E-state index contributed by atoms with van der Waals surface area (Å²) in [6.45, 7) is 5.40. The molecule has 0 aliphatic carbocycles. The number of aliphatic hydroxyl groups excluding tert-OH is 2. The smallest absolute Gasteiger partial charge is 0.0558 e. The van der Waals surface area contributed by atoms with Crippen molar-refractivity contribution in [3.63, 3.8) is 0 Å². The standard InChI is InChI=1S/C16H26N2O2/c1-13(20)15-9-16(12-18(11-15)7-8-19)17-10-14-5-3-2-4-6-14/h2-6,13,15-17,19-20H,7-12H2,1H3. The molecule has 2 rings (SSSR count). The van der Waals surface area contributed by atoms with E-state index < -0.39 is 0 Å². The van der Waals surface area contributed by atoms with Crippen LogP contribution in [0, 0.1) is 5.92 Å². The summed E-state index contributed by atoms with van der Waals surface area (Å²) in [6, 6.07) is 10.7. The quantitative estimate of drug-likeness (QED) is 0.722. The molecule has 1 aliphatic rings. The fourth-order valence-corrected chi connectivity index (χ4v) is 2.91. The van der Waals surface area contributed by atoms with Crippen molar-refractivity contribution in [2.75, 3.05) is 26.2 Å². The van der Waals surface area contributed by atoms with Gasteiger partial charge in [-0.15, -0.1) is 0 Å². The molecule has 0 saturated carbocycles. The average molecular weight is 278 g/mol. The lowest BCUT2D eigenvalue weighted by atomic mass is 9.90. The molecule has 3 unspecified atom stereocenters. The van der Waals surface area contributed by atoms with Gasteiger partial charge >= 0.3 is 0 Å². The molecule has 20 heavy (non-hydrogen) atoms. The Bertz CT molecular complexity index is 383. The van der Waals surface area contributed by atoms with Crippen molar-refractivity contribution in [3.8, 4) is 0 Å². The predicted octanol–water partition coefficient (Wildman–Crippen LogP) is 0.840. The number of β-amino-alcohol motifs (C(OH)–C–C–N with tert-alkyl or cyclic N) is 1. The van der Waals surface area contributed by atoms with Crippen LogP contribution in [0.2, 0.25) is 0 Å². The first-order chi connectivity index (χ1) is 9.69. The van der Waals surface area contributed by atoms with Gasteiger partial charge in [-0.1, -0.05) is 30.3 Å². The van der Waals surface area contributed by atoms with Crippen molar-refractivity contribution in [2.45, 2.75) is 32.0 Å². The number of nitrogens with one attached hydrogen (secondary N) is 1. The lowest BCUT2D eigenvalue weighted by molar-refractivity contribution is 0.0409. The number of hydrogen-bond donors (Lipinski definition) is 3. The van der Waals surface area contributed by atoms with Crippen molar-refractivity contribution in [1.82, 2.24) is 10.2 Å².